The summed E-state index contributed by atoms with van der Waals surface area (Å²) < 4.78 is 41.8. The van der Waals surface area contributed by atoms with E-state index >= 15 is 0 Å². The Bertz CT molecular complexity index is 373. The largest absolute Gasteiger partial charge is 0.450 e. The number of halogens is 3. The quantitative estimate of drug-likeness (QED) is 0.864. The van der Waals surface area contributed by atoms with Crippen molar-refractivity contribution in [1.29, 1.82) is 0 Å². The van der Waals surface area contributed by atoms with Crippen molar-refractivity contribution in [2.45, 2.75) is 71.3 Å². The van der Waals surface area contributed by atoms with E-state index in [0.29, 0.717) is 12.8 Å². The molecule has 0 aromatic carbocycles. The maximum absolute atomic E-state index is 12.1. The van der Waals surface area contributed by atoms with Crippen LogP contribution in [0.5, 0.6) is 0 Å². The van der Waals surface area contributed by atoms with Crippen molar-refractivity contribution in [3.05, 3.63) is 0 Å². The smallest absolute Gasteiger partial charge is 0.393 e. The molecule has 0 aromatic rings. The van der Waals surface area contributed by atoms with E-state index in [2.05, 4.69) is 20.8 Å². The van der Waals surface area contributed by atoms with Crippen molar-refractivity contribution in [2.75, 3.05) is 6.61 Å². The Labute approximate surface area is 123 Å². The van der Waals surface area contributed by atoms with Crippen LogP contribution in [0.15, 0.2) is 0 Å². The van der Waals surface area contributed by atoms with Gasteiger partial charge in [0.2, 0.25) is 5.78 Å². The van der Waals surface area contributed by atoms with Crippen LogP contribution in [0, 0.1) is 11.3 Å². The van der Waals surface area contributed by atoms with Crippen LogP contribution in [0.1, 0.15) is 53.4 Å². The molecule has 1 fully saturated rings. The fraction of sp³-hybridized carbons (Fsp3) is 0.933. The highest BCUT2D eigenvalue weighted by molar-refractivity contribution is 5.84. The highest BCUT2D eigenvalue weighted by Crippen LogP contribution is 2.42. The highest BCUT2D eigenvalue weighted by Gasteiger charge is 2.43. The molecule has 6 heteroatoms. The second kappa shape index (κ2) is 6.24. The summed E-state index contributed by atoms with van der Waals surface area (Å²) in [6, 6.07) is 0. The number of aliphatic hydroxyl groups is 1. The van der Waals surface area contributed by atoms with Crippen LogP contribution >= 0.6 is 0 Å². The Morgan fingerprint density at radius 1 is 1.33 bits per heavy atom. The lowest BCUT2D eigenvalue weighted by atomic mass is 9.67. The van der Waals surface area contributed by atoms with Crippen molar-refractivity contribution in [2.24, 2.45) is 11.3 Å². The molecule has 1 N–H and O–H groups in total. The number of ketones is 1. The Kier molecular flexibility index (Phi) is 5.48. The predicted molar refractivity (Wildman–Crippen MR) is 72.8 cm³/mol. The number of carbonyl (C=O) groups is 1. The minimum Gasteiger partial charge on any atom is -0.393 e. The first-order chi connectivity index (χ1) is 9.35. The van der Waals surface area contributed by atoms with Crippen LogP contribution < -0.4 is 0 Å². The Hall–Kier alpha value is -0.620. The zero-order valence-electron chi connectivity index (χ0n) is 13.1. The third-order valence-electron chi connectivity index (χ3n) is 4.30. The highest BCUT2D eigenvalue weighted by atomic mass is 19.4. The number of hydrogen-bond acceptors (Lipinski definition) is 3. The van der Waals surface area contributed by atoms with E-state index < -0.39 is 30.1 Å². The molecular formula is C15H25F3O3. The van der Waals surface area contributed by atoms with Gasteiger partial charge < -0.3 is 9.84 Å². The van der Waals surface area contributed by atoms with Gasteiger partial charge in [-0.3, -0.25) is 4.79 Å². The van der Waals surface area contributed by atoms with Crippen molar-refractivity contribution < 1.29 is 27.8 Å². The fourth-order valence-corrected chi connectivity index (χ4v) is 3.01. The van der Waals surface area contributed by atoms with Gasteiger partial charge in [0.1, 0.15) is 0 Å². The molecule has 0 bridgehead atoms. The second-order valence-electron chi connectivity index (χ2n) is 7.25. The Balaban J connectivity index is 2.49. The molecule has 0 heterocycles. The molecule has 21 heavy (non-hydrogen) atoms. The average molecular weight is 310 g/mol. The molecule has 1 aliphatic rings. The lowest BCUT2D eigenvalue weighted by Crippen LogP contribution is -2.46. The van der Waals surface area contributed by atoms with Gasteiger partial charge in [0.05, 0.1) is 18.3 Å². The molecule has 1 saturated carbocycles. The Morgan fingerprint density at radius 3 is 2.33 bits per heavy atom. The summed E-state index contributed by atoms with van der Waals surface area (Å²) >= 11 is 0. The van der Waals surface area contributed by atoms with Crippen LogP contribution in [-0.4, -0.2) is 35.4 Å². The zero-order valence-corrected chi connectivity index (χ0v) is 13.1. The van der Waals surface area contributed by atoms with Gasteiger partial charge in [-0.15, -0.1) is 0 Å². The third kappa shape index (κ3) is 5.25. The van der Waals surface area contributed by atoms with Gasteiger partial charge in [-0.2, -0.15) is 13.2 Å². The summed E-state index contributed by atoms with van der Waals surface area (Å²) in [5.41, 5.74) is -0.681. The van der Waals surface area contributed by atoms with Crippen molar-refractivity contribution in [1.82, 2.24) is 0 Å². The van der Waals surface area contributed by atoms with Crippen LogP contribution in [-0.2, 0) is 9.53 Å². The first-order valence-corrected chi connectivity index (χ1v) is 7.27. The maximum Gasteiger partial charge on any atom is 0.450 e. The number of ether oxygens (including phenoxy) is 1. The number of aliphatic hydroxyl groups excluding tert-OH is 1. The first kappa shape index (κ1) is 18.4. The van der Waals surface area contributed by atoms with E-state index in [1.807, 2.05) is 0 Å². The predicted octanol–water partition coefficient (Wildman–Crippen LogP) is 3.49. The van der Waals surface area contributed by atoms with E-state index in [-0.39, 0.29) is 17.9 Å². The van der Waals surface area contributed by atoms with Gasteiger partial charge in [-0.05, 0) is 31.1 Å². The summed E-state index contributed by atoms with van der Waals surface area (Å²) in [6.07, 6.45) is -4.19. The van der Waals surface area contributed by atoms with Crippen molar-refractivity contribution >= 4 is 5.78 Å². The molecule has 0 aromatic heterocycles. The third-order valence-corrected chi connectivity index (χ3v) is 4.30. The molecule has 0 unspecified atom stereocenters. The summed E-state index contributed by atoms with van der Waals surface area (Å²) in [4.78, 5) is 10.8. The molecular weight excluding hydrogens is 285 g/mol. The molecule has 0 amide bonds. The van der Waals surface area contributed by atoms with Crippen molar-refractivity contribution in [3.63, 3.8) is 0 Å². The van der Waals surface area contributed by atoms with Gasteiger partial charge in [0.25, 0.3) is 0 Å². The zero-order chi connectivity index (χ0) is 16.5. The van der Waals surface area contributed by atoms with E-state index in [9.17, 15) is 23.1 Å². The number of hydrogen-bond donors (Lipinski definition) is 1. The standard InChI is InChI=1S/C15H25F3O3/c1-13(2,3)10-5-7-14(4,9-11(10)19)21-8-6-12(20)15(16,17)18/h10-11,19H,5-9H2,1-4H3/t10-,11+,14+/m0/s1. The lowest BCUT2D eigenvalue weighted by molar-refractivity contribution is -0.174. The molecule has 3 nitrogen and oxygen atoms in total. The molecule has 3 atom stereocenters. The monoisotopic (exact) mass is 310 g/mol. The van der Waals surface area contributed by atoms with Crippen LogP contribution in [0.2, 0.25) is 0 Å². The second-order valence-corrected chi connectivity index (χ2v) is 7.25. The normalized spacial score (nSPS) is 31.2. The van der Waals surface area contributed by atoms with Gasteiger partial charge in [0.15, 0.2) is 0 Å². The van der Waals surface area contributed by atoms with E-state index in [1.54, 1.807) is 6.92 Å². The molecule has 1 aliphatic carbocycles. The SMILES string of the molecule is CC(C)(C)[C@H]1CC[C@@](C)(OCCC(=O)C(F)(F)F)C[C@H]1O. The lowest BCUT2D eigenvalue weighted by Gasteiger charge is -2.45. The summed E-state index contributed by atoms with van der Waals surface area (Å²) in [5, 5.41) is 10.3. The minimum absolute atomic E-state index is 0.0208. The van der Waals surface area contributed by atoms with Crippen LogP contribution in [0.4, 0.5) is 13.2 Å². The molecule has 124 valence electrons. The number of carbonyl (C=O) groups excluding carboxylic acids is 1. The van der Waals surface area contributed by atoms with Crippen molar-refractivity contribution in [3.8, 4) is 0 Å². The number of rotatable bonds is 4. The minimum atomic E-state index is -4.80. The van der Waals surface area contributed by atoms with Gasteiger partial charge in [-0.1, -0.05) is 20.8 Å². The summed E-state index contributed by atoms with van der Waals surface area (Å²) in [7, 11) is 0. The van der Waals surface area contributed by atoms with E-state index in [0.717, 1.165) is 6.42 Å². The maximum atomic E-state index is 12.1. The molecule has 0 spiro atoms. The van der Waals surface area contributed by atoms with Crippen LogP contribution in [0.3, 0.4) is 0 Å². The number of alkyl halides is 3. The first-order valence-electron chi connectivity index (χ1n) is 7.27. The fourth-order valence-electron chi connectivity index (χ4n) is 3.01. The summed E-state index contributed by atoms with van der Waals surface area (Å²) in [6.45, 7) is 7.71. The molecule has 0 radical (unpaired) electrons. The average Bonchev–Trinajstić information content (AvgIpc) is 2.25. The van der Waals surface area contributed by atoms with Gasteiger partial charge in [-0.25, -0.2) is 0 Å². The summed E-state index contributed by atoms with van der Waals surface area (Å²) in [5.74, 6) is -1.62. The van der Waals surface area contributed by atoms with E-state index in [1.165, 1.54) is 0 Å². The molecule has 0 saturated heterocycles. The topological polar surface area (TPSA) is 46.5 Å². The van der Waals surface area contributed by atoms with Gasteiger partial charge >= 0.3 is 6.18 Å². The van der Waals surface area contributed by atoms with Crippen LogP contribution in [0.25, 0.3) is 0 Å². The van der Waals surface area contributed by atoms with E-state index in [4.69, 9.17) is 4.74 Å². The van der Waals surface area contributed by atoms with Gasteiger partial charge in [0, 0.05) is 12.8 Å². The Morgan fingerprint density at radius 2 is 1.90 bits per heavy atom. The molecule has 0 aliphatic heterocycles. The number of Topliss-reactive ketones (excluding diaryl/α,β-unsaturated/α-hetero) is 1. The molecule has 1 rings (SSSR count).